The Labute approximate surface area is 126 Å². The van der Waals surface area contributed by atoms with Crippen molar-refractivity contribution in [3.63, 3.8) is 0 Å². The average Bonchev–Trinajstić information content (AvgIpc) is 2.90. The first-order valence-corrected chi connectivity index (χ1v) is 7.78. The Kier molecular flexibility index (Phi) is 3.66. The lowest BCUT2D eigenvalue weighted by atomic mass is 9.64. The van der Waals surface area contributed by atoms with Crippen LogP contribution in [0.15, 0.2) is 24.3 Å². The van der Waals surface area contributed by atoms with Crippen molar-refractivity contribution in [3.8, 4) is 0 Å². The summed E-state index contributed by atoms with van der Waals surface area (Å²) in [6, 6.07) is 8.17. The molecule has 3 unspecified atom stereocenters. The number of hydrogen-bond acceptors (Lipinski definition) is 3. The van der Waals surface area contributed by atoms with Crippen LogP contribution in [0.1, 0.15) is 32.8 Å². The molecular formula is C17H24N2O2. The second kappa shape index (κ2) is 5.34. The SMILES string of the molecule is CCOC1CC(NC(=O)C2Cc3ccccc3N2)C1(C)C. The van der Waals surface area contributed by atoms with E-state index in [0.29, 0.717) is 0 Å². The molecule has 2 N–H and O–H groups in total. The molecule has 0 saturated heterocycles. The second-order valence-electron chi connectivity index (χ2n) is 6.62. The molecule has 1 aromatic rings. The summed E-state index contributed by atoms with van der Waals surface area (Å²) in [7, 11) is 0. The first-order valence-electron chi connectivity index (χ1n) is 7.78. The molecule has 1 amide bonds. The summed E-state index contributed by atoms with van der Waals surface area (Å²) < 4.78 is 5.71. The molecule has 1 aromatic carbocycles. The van der Waals surface area contributed by atoms with E-state index in [2.05, 4.69) is 30.5 Å². The molecule has 2 aliphatic rings. The van der Waals surface area contributed by atoms with Gasteiger partial charge in [0.1, 0.15) is 6.04 Å². The van der Waals surface area contributed by atoms with Crippen molar-refractivity contribution < 1.29 is 9.53 Å². The molecule has 1 aliphatic carbocycles. The number of carbonyl (C=O) groups excluding carboxylic acids is 1. The maximum Gasteiger partial charge on any atom is 0.243 e. The van der Waals surface area contributed by atoms with Gasteiger partial charge in [0.15, 0.2) is 0 Å². The lowest BCUT2D eigenvalue weighted by molar-refractivity contribution is -0.137. The molecule has 0 aromatic heterocycles. The molecular weight excluding hydrogens is 264 g/mol. The summed E-state index contributed by atoms with van der Waals surface area (Å²) in [6.45, 7) is 7.08. The van der Waals surface area contributed by atoms with E-state index >= 15 is 0 Å². The lowest BCUT2D eigenvalue weighted by Crippen LogP contribution is -2.63. The van der Waals surface area contributed by atoms with E-state index < -0.39 is 0 Å². The quantitative estimate of drug-likeness (QED) is 0.894. The normalized spacial score (nSPS) is 29.2. The third-order valence-electron chi connectivity index (χ3n) is 4.95. The largest absolute Gasteiger partial charge is 0.378 e. The fourth-order valence-corrected chi connectivity index (χ4v) is 3.34. The van der Waals surface area contributed by atoms with Crippen LogP contribution in [0, 0.1) is 5.41 Å². The van der Waals surface area contributed by atoms with Crippen molar-refractivity contribution in [2.24, 2.45) is 5.41 Å². The zero-order chi connectivity index (χ0) is 15.0. The second-order valence-corrected chi connectivity index (χ2v) is 6.62. The summed E-state index contributed by atoms with van der Waals surface area (Å²) in [4.78, 5) is 12.5. The third kappa shape index (κ3) is 2.53. The van der Waals surface area contributed by atoms with Crippen LogP contribution in [0.5, 0.6) is 0 Å². The zero-order valence-corrected chi connectivity index (χ0v) is 13.0. The van der Waals surface area contributed by atoms with E-state index in [1.54, 1.807) is 0 Å². The summed E-state index contributed by atoms with van der Waals surface area (Å²) in [5.74, 6) is 0.0965. The number of benzene rings is 1. The highest BCUT2D eigenvalue weighted by Crippen LogP contribution is 2.42. The van der Waals surface area contributed by atoms with Crippen molar-refractivity contribution in [1.29, 1.82) is 0 Å². The van der Waals surface area contributed by atoms with E-state index in [1.807, 2.05) is 25.1 Å². The summed E-state index contributed by atoms with van der Waals surface area (Å²) >= 11 is 0. The monoisotopic (exact) mass is 288 g/mol. The summed E-state index contributed by atoms with van der Waals surface area (Å²) in [6.07, 6.45) is 1.93. The summed E-state index contributed by atoms with van der Waals surface area (Å²) in [5.41, 5.74) is 2.31. The van der Waals surface area contributed by atoms with Crippen LogP contribution < -0.4 is 10.6 Å². The number of nitrogens with one attached hydrogen (secondary N) is 2. The van der Waals surface area contributed by atoms with Gasteiger partial charge in [0.2, 0.25) is 5.91 Å². The van der Waals surface area contributed by atoms with Gasteiger partial charge in [-0.25, -0.2) is 0 Å². The molecule has 3 atom stereocenters. The fourth-order valence-electron chi connectivity index (χ4n) is 3.34. The maximum atomic E-state index is 12.5. The van der Waals surface area contributed by atoms with E-state index in [1.165, 1.54) is 5.56 Å². The first kappa shape index (κ1) is 14.4. The minimum atomic E-state index is -0.149. The molecule has 21 heavy (non-hydrogen) atoms. The van der Waals surface area contributed by atoms with Gasteiger partial charge in [-0.3, -0.25) is 4.79 Å². The number of fused-ring (bicyclic) bond motifs is 1. The lowest BCUT2D eigenvalue weighted by Gasteiger charge is -2.51. The Morgan fingerprint density at radius 3 is 2.86 bits per heavy atom. The van der Waals surface area contributed by atoms with Gasteiger partial charge in [-0.15, -0.1) is 0 Å². The van der Waals surface area contributed by atoms with Gasteiger partial charge >= 0.3 is 0 Å². The highest BCUT2D eigenvalue weighted by atomic mass is 16.5. The molecule has 1 heterocycles. The molecule has 0 bridgehead atoms. The van der Waals surface area contributed by atoms with Crippen LogP contribution in [-0.2, 0) is 16.0 Å². The zero-order valence-electron chi connectivity index (χ0n) is 13.0. The molecule has 0 radical (unpaired) electrons. The molecule has 1 aliphatic heterocycles. The molecule has 0 spiro atoms. The van der Waals surface area contributed by atoms with E-state index in [4.69, 9.17) is 4.74 Å². The van der Waals surface area contributed by atoms with E-state index in [-0.39, 0.29) is 29.5 Å². The topological polar surface area (TPSA) is 50.4 Å². The van der Waals surface area contributed by atoms with Crippen LogP contribution in [0.2, 0.25) is 0 Å². The van der Waals surface area contributed by atoms with Crippen LogP contribution >= 0.6 is 0 Å². The van der Waals surface area contributed by atoms with Gasteiger partial charge in [0.05, 0.1) is 6.10 Å². The average molecular weight is 288 g/mol. The number of ether oxygens (including phenoxy) is 1. The third-order valence-corrected chi connectivity index (χ3v) is 4.95. The van der Waals surface area contributed by atoms with E-state index in [9.17, 15) is 4.79 Å². The first-order chi connectivity index (χ1) is 10.0. The number of carbonyl (C=O) groups is 1. The smallest absolute Gasteiger partial charge is 0.243 e. The molecule has 114 valence electrons. The van der Waals surface area contributed by atoms with Crippen LogP contribution in [0.3, 0.4) is 0 Å². The Morgan fingerprint density at radius 2 is 2.19 bits per heavy atom. The fraction of sp³-hybridized carbons (Fsp3) is 0.588. The van der Waals surface area contributed by atoms with Crippen LogP contribution in [0.25, 0.3) is 0 Å². The van der Waals surface area contributed by atoms with Gasteiger partial charge in [0.25, 0.3) is 0 Å². The minimum absolute atomic E-state index is 0.0110. The molecule has 4 nitrogen and oxygen atoms in total. The van der Waals surface area contributed by atoms with Crippen molar-refractivity contribution in [1.82, 2.24) is 5.32 Å². The Morgan fingerprint density at radius 1 is 1.43 bits per heavy atom. The van der Waals surface area contributed by atoms with Crippen molar-refractivity contribution in [2.45, 2.75) is 51.8 Å². The Hall–Kier alpha value is -1.55. The van der Waals surface area contributed by atoms with Gasteiger partial charge in [-0.2, -0.15) is 0 Å². The number of rotatable bonds is 4. The van der Waals surface area contributed by atoms with Gasteiger partial charge in [-0.05, 0) is 25.0 Å². The molecule has 4 heteroatoms. The maximum absolute atomic E-state index is 12.5. The summed E-state index contributed by atoms with van der Waals surface area (Å²) in [5, 5.41) is 6.50. The van der Waals surface area contributed by atoms with Gasteiger partial charge < -0.3 is 15.4 Å². The molecule has 1 fully saturated rings. The Bertz CT molecular complexity index is 516. The van der Waals surface area contributed by atoms with E-state index in [0.717, 1.165) is 25.1 Å². The van der Waals surface area contributed by atoms with Crippen molar-refractivity contribution >= 4 is 11.6 Å². The van der Waals surface area contributed by atoms with Crippen molar-refractivity contribution in [3.05, 3.63) is 29.8 Å². The number of amides is 1. The number of hydrogen-bond donors (Lipinski definition) is 2. The van der Waals surface area contributed by atoms with Gasteiger partial charge in [0, 0.05) is 30.2 Å². The Balaban J connectivity index is 1.57. The minimum Gasteiger partial charge on any atom is -0.378 e. The predicted molar refractivity (Wildman–Crippen MR) is 83.3 cm³/mol. The number of anilines is 1. The molecule has 3 rings (SSSR count). The predicted octanol–water partition coefficient (Wildman–Crippen LogP) is 2.34. The van der Waals surface area contributed by atoms with Crippen LogP contribution in [0.4, 0.5) is 5.69 Å². The molecule has 1 saturated carbocycles. The van der Waals surface area contributed by atoms with Gasteiger partial charge in [-0.1, -0.05) is 32.0 Å². The van der Waals surface area contributed by atoms with Crippen LogP contribution in [-0.4, -0.2) is 30.7 Å². The number of para-hydroxylation sites is 1. The highest BCUT2D eigenvalue weighted by molar-refractivity contribution is 5.87. The standard InChI is InChI=1S/C17H24N2O2/c1-4-21-15-10-14(17(15,2)3)19-16(20)13-9-11-7-5-6-8-12(11)18-13/h5-8,13-15,18H,4,9-10H2,1-3H3,(H,19,20). The van der Waals surface area contributed by atoms with Crippen molar-refractivity contribution in [2.75, 3.05) is 11.9 Å². The highest BCUT2D eigenvalue weighted by Gasteiger charge is 2.50.